The predicted octanol–water partition coefficient (Wildman–Crippen LogP) is 2.85. The lowest BCUT2D eigenvalue weighted by atomic mass is 10.0. The summed E-state index contributed by atoms with van der Waals surface area (Å²) >= 11 is 0. The van der Waals surface area contributed by atoms with E-state index in [1.54, 1.807) is 13.2 Å². The van der Waals surface area contributed by atoms with Gasteiger partial charge in [-0.2, -0.15) is 0 Å². The fraction of sp³-hybridized carbons (Fsp3) is 0.375. The molecule has 0 bridgehead atoms. The largest absolute Gasteiger partial charge is 0.496 e. The van der Waals surface area contributed by atoms with Gasteiger partial charge in [0.25, 0.3) is 0 Å². The zero-order chi connectivity index (χ0) is 14.9. The number of hydrogen-bond acceptors (Lipinski definition) is 4. The third-order valence-electron chi connectivity index (χ3n) is 2.94. The van der Waals surface area contributed by atoms with Crippen LogP contribution in [0.15, 0.2) is 28.8 Å². The van der Waals surface area contributed by atoms with Crippen molar-refractivity contribution in [3.8, 4) is 5.75 Å². The Morgan fingerprint density at radius 1 is 1.20 bits per heavy atom. The summed E-state index contributed by atoms with van der Waals surface area (Å²) in [5.74, 6) is 0.342. The molecule has 4 heteroatoms. The second-order valence-electron chi connectivity index (χ2n) is 5.60. The van der Waals surface area contributed by atoms with Crippen molar-refractivity contribution >= 4 is 17.8 Å². The SMILES string of the molecule is COC(=O)C1=Cc2c(OC)cccc2C1=NC(C)(C)C. The molecular formula is C16H19NO3. The number of fused-ring (bicyclic) bond motifs is 1. The molecule has 1 aliphatic carbocycles. The Bertz CT molecular complexity index is 607. The van der Waals surface area contributed by atoms with Gasteiger partial charge in [0.2, 0.25) is 0 Å². The van der Waals surface area contributed by atoms with E-state index in [0.717, 1.165) is 16.9 Å². The lowest BCUT2D eigenvalue weighted by molar-refractivity contribution is -0.135. The van der Waals surface area contributed by atoms with Crippen LogP contribution in [0.3, 0.4) is 0 Å². The van der Waals surface area contributed by atoms with Crippen LogP contribution in [-0.4, -0.2) is 31.4 Å². The standard InChI is InChI=1S/C16H19NO3/c1-16(2,3)17-14-10-7-6-8-13(19-4)11(10)9-12(14)15(18)20-5/h6-9H,1-5H3. The van der Waals surface area contributed by atoms with Gasteiger partial charge in [-0.15, -0.1) is 0 Å². The zero-order valence-electron chi connectivity index (χ0n) is 12.5. The first-order chi connectivity index (χ1) is 9.37. The van der Waals surface area contributed by atoms with Crippen LogP contribution < -0.4 is 4.74 Å². The molecule has 0 aromatic heterocycles. The molecule has 20 heavy (non-hydrogen) atoms. The first-order valence-corrected chi connectivity index (χ1v) is 6.45. The Morgan fingerprint density at radius 3 is 2.45 bits per heavy atom. The highest BCUT2D eigenvalue weighted by molar-refractivity contribution is 6.34. The third-order valence-corrected chi connectivity index (χ3v) is 2.94. The van der Waals surface area contributed by atoms with Crippen molar-refractivity contribution in [3.05, 3.63) is 34.9 Å². The minimum absolute atomic E-state index is 0.285. The van der Waals surface area contributed by atoms with Crippen LogP contribution in [0.5, 0.6) is 5.75 Å². The summed E-state index contributed by atoms with van der Waals surface area (Å²) in [5.41, 5.74) is 2.63. The summed E-state index contributed by atoms with van der Waals surface area (Å²) in [6, 6.07) is 5.70. The van der Waals surface area contributed by atoms with E-state index >= 15 is 0 Å². The molecule has 0 N–H and O–H groups in total. The van der Waals surface area contributed by atoms with Gasteiger partial charge in [-0.05, 0) is 32.9 Å². The number of methoxy groups -OCH3 is 2. The van der Waals surface area contributed by atoms with Crippen molar-refractivity contribution in [3.63, 3.8) is 0 Å². The normalized spacial score (nSPS) is 15.8. The van der Waals surface area contributed by atoms with Crippen LogP contribution in [-0.2, 0) is 9.53 Å². The number of esters is 1. The topological polar surface area (TPSA) is 47.9 Å². The molecule has 0 fully saturated rings. The molecule has 0 saturated carbocycles. The number of rotatable bonds is 2. The summed E-state index contributed by atoms with van der Waals surface area (Å²) in [5, 5.41) is 0. The van der Waals surface area contributed by atoms with Gasteiger partial charge in [-0.25, -0.2) is 4.79 Å². The van der Waals surface area contributed by atoms with Crippen LogP contribution >= 0.6 is 0 Å². The Kier molecular flexibility index (Phi) is 3.66. The molecule has 106 valence electrons. The van der Waals surface area contributed by atoms with E-state index in [1.807, 2.05) is 39.0 Å². The number of aliphatic imine (C=N–C) groups is 1. The number of ether oxygens (including phenoxy) is 2. The average molecular weight is 273 g/mol. The lowest BCUT2D eigenvalue weighted by Crippen LogP contribution is -2.19. The quantitative estimate of drug-likeness (QED) is 0.778. The molecule has 1 aliphatic rings. The number of nitrogens with zero attached hydrogens (tertiary/aromatic N) is 1. The average Bonchev–Trinajstić information content (AvgIpc) is 2.74. The van der Waals surface area contributed by atoms with Crippen LogP contribution in [0.4, 0.5) is 0 Å². The summed E-state index contributed by atoms with van der Waals surface area (Å²) < 4.78 is 10.2. The van der Waals surface area contributed by atoms with E-state index in [0.29, 0.717) is 11.3 Å². The van der Waals surface area contributed by atoms with E-state index in [9.17, 15) is 4.79 Å². The van der Waals surface area contributed by atoms with Gasteiger partial charge in [-0.1, -0.05) is 12.1 Å². The van der Waals surface area contributed by atoms with E-state index < -0.39 is 0 Å². The van der Waals surface area contributed by atoms with E-state index in [-0.39, 0.29) is 11.5 Å². The molecule has 2 rings (SSSR count). The molecule has 0 amide bonds. The van der Waals surface area contributed by atoms with Gasteiger partial charge < -0.3 is 9.47 Å². The van der Waals surface area contributed by atoms with Crippen molar-refractivity contribution < 1.29 is 14.3 Å². The van der Waals surface area contributed by atoms with Crippen molar-refractivity contribution in [1.82, 2.24) is 0 Å². The molecule has 0 heterocycles. The number of carbonyl (C=O) groups excluding carboxylic acids is 1. The van der Waals surface area contributed by atoms with Gasteiger partial charge in [0, 0.05) is 11.1 Å². The summed E-state index contributed by atoms with van der Waals surface area (Å²) in [6.45, 7) is 5.98. The van der Waals surface area contributed by atoms with Gasteiger partial charge in [-0.3, -0.25) is 4.99 Å². The predicted molar refractivity (Wildman–Crippen MR) is 79.3 cm³/mol. The van der Waals surface area contributed by atoms with Gasteiger partial charge in [0.15, 0.2) is 0 Å². The summed E-state index contributed by atoms with van der Waals surface area (Å²) in [4.78, 5) is 16.6. The Balaban J connectivity index is 2.65. The van der Waals surface area contributed by atoms with Crippen molar-refractivity contribution in [2.45, 2.75) is 26.3 Å². The van der Waals surface area contributed by atoms with Crippen molar-refractivity contribution in [2.75, 3.05) is 14.2 Å². The molecule has 0 saturated heterocycles. The molecule has 4 nitrogen and oxygen atoms in total. The maximum Gasteiger partial charge on any atom is 0.340 e. The molecule has 0 aliphatic heterocycles. The van der Waals surface area contributed by atoms with Crippen LogP contribution in [0.2, 0.25) is 0 Å². The maximum atomic E-state index is 12.0. The highest BCUT2D eigenvalue weighted by Crippen LogP contribution is 2.34. The Labute approximate surface area is 119 Å². The Hall–Kier alpha value is -2.10. The van der Waals surface area contributed by atoms with E-state index in [4.69, 9.17) is 9.47 Å². The molecule has 1 aromatic carbocycles. The smallest absolute Gasteiger partial charge is 0.340 e. The molecule has 0 radical (unpaired) electrons. The van der Waals surface area contributed by atoms with E-state index in [2.05, 4.69) is 4.99 Å². The lowest BCUT2D eigenvalue weighted by Gasteiger charge is -2.15. The van der Waals surface area contributed by atoms with E-state index in [1.165, 1.54) is 7.11 Å². The first kappa shape index (κ1) is 14.3. The number of benzene rings is 1. The minimum Gasteiger partial charge on any atom is -0.496 e. The zero-order valence-corrected chi connectivity index (χ0v) is 12.5. The fourth-order valence-electron chi connectivity index (χ4n) is 2.16. The van der Waals surface area contributed by atoms with Gasteiger partial charge in [0.05, 0.1) is 31.0 Å². The van der Waals surface area contributed by atoms with Gasteiger partial charge >= 0.3 is 5.97 Å². The third kappa shape index (κ3) is 2.59. The number of carbonyl (C=O) groups is 1. The second kappa shape index (κ2) is 5.12. The van der Waals surface area contributed by atoms with Crippen LogP contribution in [0, 0.1) is 0 Å². The second-order valence-corrected chi connectivity index (χ2v) is 5.60. The molecule has 0 spiro atoms. The van der Waals surface area contributed by atoms with Crippen LogP contribution in [0.25, 0.3) is 6.08 Å². The summed E-state index contributed by atoms with van der Waals surface area (Å²) in [7, 11) is 2.98. The number of hydrogen-bond donors (Lipinski definition) is 0. The highest BCUT2D eigenvalue weighted by Gasteiger charge is 2.29. The molecule has 0 atom stereocenters. The molecule has 1 aromatic rings. The molecular weight excluding hydrogens is 254 g/mol. The minimum atomic E-state index is -0.383. The molecule has 0 unspecified atom stereocenters. The van der Waals surface area contributed by atoms with Crippen molar-refractivity contribution in [1.29, 1.82) is 0 Å². The van der Waals surface area contributed by atoms with Crippen molar-refractivity contribution in [2.24, 2.45) is 4.99 Å². The monoisotopic (exact) mass is 273 g/mol. The fourth-order valence-corrected chi connectivity index (χ4v) is 2.16. The summed E-state index contributed by atoms with van der Waals surface area (Å²) in [6.07, 6.45) is 1.78. The van der Waals surface area contributed by atoms with Gasteiger partial charge in [0.1, 0.15) is 5.75 Å². The maximum absolute atomic E-state index is 12.0. The highest BCUT2D eigenvalue weighted by atomic mass is 16.5. The Morgan fingerprint density at radius 2 is 1.90 bits per heavy atom. The van der Waals surface area contributed by atoms with Crippen LogP contribution in [0.1, 0.15) is 31.9 Å². The first-order valence-electron chi connectivity index (χ1n) is 6.45.